The van der Waals surface area contributed by atoms with Crippen molar-refractivity contribution < 1.29 is 19.5 Å². The molecular weight excluding hydrogens is 226 g/mol. The lowest BCUT2D eigenvalue weighted by molar-refractivity contribution is -0.137. The summed E-state index contributed by atoms with van der Waals surface area (Å²) in [6.45, 7) is 4.19. The molecule has 0 atom stereocenters. The van der Waals surface area contributed by atoms with Crippen molar-refractivity contribution in [3.8, 4) is 0 Å². The van der Waals surface area contributed by atoms with Crippen LogP contribution in [0, 0.1) is 0 Å². The van der Waals surface area contributed by atoms with Gasteiger partial charge < -0.3 is 20.6 Å². The van der Waals surface area contributed by atoms with Gasteiger partial charge in [0.25, 0.3) is 0 Å². The zero-order valence-corrected chi connectivity index (χ0v) is 9.95. The van der Waals surface area contributed by atoms with Gasteiger partial charge in [0, 0.05) is 19.6 Å². The lowest BCUT2D eigenvalue weighted by Crippen LogP contribution is -2.65. The molecule has 0 unspecified atom stereocenters. The molecule has 7 heteroatoms. The van der Waals surface area contributed by atoms with Gasteiger partial charge in [-0.1, -0.05) is 0 Å². The maximum absolute atomic E-state index is 11.8. The monoisotopic (exact) mass is 243 g/mol. The summed E-state index contributed by atoms with van der Waals surface area (Å²) in [5.41, 5.74) is -0.911. The highest BCUT2D eigenvalue weighted by Gasteiger charge is 2.40. The van der Waals surface area contributed by atoms with E-state index in [0.29, 0.717) is 13.1 Å². The van der Waals surface area contributed by atoms with E-state index in [0.717, 1.165) is 0 Å². The highest BCUT2D eigenvalue weighted by Crippen LogP contribution is 2.17. The molecule has 1 fully saturated rings. The molecule has 0 aromatic carbocycles. The van der Waals surface area contributed by atoms with Gasteiger partial charge in [0.15, 0.2) is 0 Å². The molecule has 0 radical (unpaired) electrons. The largest absolute Gasteiger partial charge is 0.481 e. The first-order valence-electron chi connectivity index (χ1n) is 5.41. The molecule has 0 bridgehead atoms. The maximum atomic E-state index is 11.8. The van der Waals surface area contributed by atoms with Crippen LogP contribution in [-0.4, -0.2) is 53.1 Å². The number of rotatable bonds is 3. The fraction of sp³-hybridized carbons (Fsp3) is 0.700. The number of carbonyl (C=O) groups excluding carboxylic acids is 2. The van der Waals surface area contributed by atoms with Crippen molar-refractivity contribution in [3.05, 3.63) is 0 Å². The molecule has 0 aliphatic carbocycles. The van der Waals surface area contributed by atoms with Crippen molar-refractivity contribution in [1.29, 1.82) is 0 Å². The molecule has 0 aromatic rings. The number of urea groups is 1. The normalized spacial score (nSPS) is 18.5. The summed E-state index contributed by atoms with van der Waals surface area (Å²) in [7, 11) is 0. The molecule has 7 nitrogen and oxygen atoms in total. The van der Waals surface area contributed by atoms with Crippen LogP contribution in [-0.2, 0) is 9.59 Å². The van der Waals surface area contributed by atoms with Gasteiger partial charge in [-0.2, -0.15) is 0 Å². The molecule has 1 rings (SSSR count). The Bertz CT molecular complexity index is 340. The second-order valence-electron chi connectivity index (χ2n) is 4.34. The Morgan fingerprint density at radius 2 is 2.18 bits per heavy atom. The summed E-state index contributed by atoms with van der Waals surface area (Å²) >= 11 is 0. The van der Waals surface area contributed by atoms with Crippen LogP contribution in [0.2, 0.25) is 0 Å². The van der Waals surface area contributed by atoms with Crippen molar-refractivity contribution in [2.45, 2.75) is 25.8 Å². The zero-order valence-electron chi connectivity index (χ0n) is 9.95. The average molecular weight is 243 g/mol. The number of hydrogen-bond donors (Lipinski definition) is 3. The van der Waals surface area contributed by atoms with Crippen LogP contribution in [0.25, 0.3) is 0 Å². The SMILES string of the molecule is CC1(C)C(=O)NCCN1C(=O)NCCC(=O)O. The summed E-state index contributed by atoms with van der Waals surface area (Å²) in [6.07, 6.45) is -0.133. The van der Waals surface area contributed by atoms with Crippen molar-refractivity contribution in [3.63, 3.8) is 0 Å². The van der Waals surface area contributed by atoms with E-state index in [2.05, 4.69) is 10.6 Å². The highest BCUT2D eigenvalue weighted by molar-refractivity contribution is 5.91. The molecule has 0 spiro atoms. The van der Waals surface area contributed by atoms with Crippen LogP contribution in [0.1, 0.15) is 20.3 Å². The maximum Gasteiger partial charge on any atom is 0.318 e. The lowest BCUT2D eigenvalue weighted by atomic mass is 9.99. The van der Waals surface area contributed by atoms with Crippen LogP contribution in [0.15, 0.2) is 0 Å². The summed E-state index contributed by atoms with van der Waals surface area (Å²) in [5, 5.41) is 13.6. The van der Waals surface area contributed by atoms with Crippen molar-refractivity contribution in [1.82, 2.24) is 15.5 Å². The predicted octanol–water partition coefficient (Wildman–Crippen LogP) is -0.619. The molecule has 1 saturated heterocycles. The Morgan fingerprint density at radius 1 is 1.53 bits per heavy atom. The smallest absolute Gasteiger partial charge is 0.318 e. The molecule has 3 N–H and O–H groups in total. The number of piperazine rings is 1. The topological polar surface area (TPSA) is 98.7 Å². The standard InChI is InChI=1S/C10H17N3O4/c1-10(2)8(16)11-5-6-13(10)9(17)12-4-3-7(14)15/h3-6H2,1-2H3,(H,11,16)(H,12,17)(H,14,15). The second-order valence-corrected chi connectivity index (χ2v) is 4.34. The van der Waals surface area contributed by atoms with E-state index in [9.17, 15) is 14.4 Å². The molecule has 17 heavy (non-hydrogen) atoms. The molecule has 1 aliphatic rings. The first-order chi connectivity index (χ1) is 7.85. The fourth-order valence-corrected chi connectivity index (χ4v) is 1.63. The fourth-order valence-electron chi connectivity index (χ4n) is 1.63. The van der Waals surface area contributed by atoms with Crippen LogP contribution < -0.4 is 10.6 Å². The second kappa shape index (κ2) is 5.03. The third-order valence-corrected chi connectivity index (χ3v) is 2.71. The van der Waals surface area contributed by atoms with Crippen molar-refractivity contribution in [2.75, 3.05) is 19.6 Å². The molecule has 0 saturated carbocycles. The number of carboxylic acid groups (broad SMARTS) is 1. The Hall–Kier alpha value is -1.79. The summed E-state index contributed by atoms with van der Waals surface area (Å²) < 4.78 is 0. The van der Waals surface area contributed by atoms with Gasteiger partial charge >= 0.3 is 12.0 Å². The summed E-state index contributed by atoms with van der Waals surface area (Å²) in [4.78, 5) is 35.1. The molecule has 96 valence electrons. The Labute approximate surface area is 99.2 Å². The number of amides is 3. The number of nitrogens with one attached hydrogen (secondary N) is 2. The van der Waals surface area contributed by atoms with Gasteiger partial charge in [-0.15, -0.1) is 0 Å². The summed E-state index contributed by atoms with van der Waals surface area (Å²) in [5.74, 6) is -1.18. The molecule has 1 aliphatic heterocycles. The highest BCUT2D eigenvalue weighted by atomic mass is 16.4. The van der Waals surface area contributed by atoms with Gasteiger partial charge in [-0.3, -0.25) is 9.59 Å². The molecule has 1 heterocycles. The van der Waals surface area contributed by atoms with E-state index in [4.69, 9.17) is 5.11 Å². The van der Waals surface area contributed by atoms with E-state index in [1.54, 1.807) is 13.8 Å². The molecule has 0 aromatic heterocycles. The van der Waals surface area contributed by atoms with E-state index in [-0.39, 0.29) is 18.9 Å². The van der Waals surface area contributed by atoms with Gasteiger partial charge in [0.05, 0.1) is 6.42 Å². The average Bonchev–Trinajstić information content (AvgIpc) is 2.21. The minimum Gasteiger partial charge on any atom is -0.481 e. The van der Waals surface area contributed by atoms with Crippen molar-refractivity contribution >= 4 is 17.9 Å². The van der Waals surface area contributed by atoms with E-state index < -0.39 is 17.5 Å². The summed E-state index contributed by atoms with van der Waals surface area (Å²) in [6, 6.07) is -0.411. The van der Waals surface area contributed by atoms with Crippen LogP contribution in [0.4, 0.5) is 4.79 Å². The third kappa shape index (κ3) is 3.08. The lowest BCUT2D eigenvalue weighted by Gasteiger charge is -2.40. The van der Waals surface area contributed by atoms with Crippen LogP contribution in [0.3, 0.4) is 0 Å². The predicted molar refractivity (Wildman–Crippen MR) is 59.4 cm³/mol. The van der Waals surface area contributed by atoms with Crippen LogP contribution >= 0.6 is 0 Å². The minimum absolute atomic E-state index is 0.0579. The first kappa shape index (κ1) is 13.3. The Balaban J connectivity index is 2.55. The minimum atomic E-state index is -0.971. The Kier molecular flexibility index (Phi) is 3.93. The number of nitrogens with zero attached hydrogens (tertiary/aromatic N) is 1. The quantitative estimate of drug-likeness (QED) is 0.615. The van der Waals surface area contributed by atoms with E-state index in [1.165, 1.54) is 4.90 Å². The van der Waals surface area contributed by atoms with Crippen LogP contribution in [0.5, 0.6) is 0 Å². The number of carboxylic acids is 1. The number of hydrogen-bond acceptors (Lipinski definition) is 3. The van der Waals surface area contributed by atoms with E-state index >= 15 is 0 Å². The van der Waals surface area contributed by atoms with Crippen molar-refractivity contribution in [2.24, 2.45) is 0 Å². The zero-order chi connectivity index (χ0) is 13.1. The number of aliphatic carboxylic acids is 1. The molecule has 3 amide bonds. The first-order valence-corrected chi connectivity index (χ1v) is 5.41. The van der Waals surface area contributed by atoms with Gasteiger partial charge in [0.2, 0.25) is 5.91 Å². The number of carbonyl (C=O) groups is 3. The van der Waals surface area contributed by atoms with Gasteiger partial charge in [0.1, 0.15) is 5.54 Å². The van der Waals surface area contributed by atoms with Gasteiger partial charge in [-0.25, -0.2) is 4.79 Å². The molecular formula is C10H17N3O4. The van der Waals surface area contributed by atoms with Gasteiger partial charge in [-0.05, 0) is 13.8 Å². The Morgan fingerprint density at radius 3 is 2.76 bits per heavy atom. The third-order valence-electron chi connectivity index (χ3n) is 2.71. The van der Waals surface area contributed by atoms with E-state index in [1.807, 2.05) is 0 Å².